The van der Waals surface area contributed by atoms with Crippen molar-refractivity contribution in [3.63, 3.8) is 0 Å². The molecule has 21 heavy (non-hydrogen) atoms. The molecule has 0 fully saturated rings. The monoisotopic (exact) mass is 279 g/mol. The van der Waals surface area contributed by atoms with Crippen LogP contribution in [0.25, 0.3) is 11.0 Å². The molecule has 0 aliphatic heterocycles. The number of benzene rings is 2. The number of para-hydroxylation sites is 3. The van der Waals surface area contributed by atoms with Gasteiger partial charge in [0.2, 0.25) is 0 Å². The van der Waals surface area contributed by atoms with Crippen molar-refractivity contribution < 1.29 is 4.74 Å². The van der Waals surface area contributed by atoms with Crippen LogP contribution in [0.2, 0.25) is 0 Å². The van der Waals surface area contributed by atoms with Crippen LogP contribution in [0.4, 0.5) is 5.69 Å². The molecule has 0 aliphatic carbocycles. The number of hydrogen-bond acceptors (Lipinski definition) is 3. The first-order valence-corrected chi connectivity index (χ1v) is 6.80. The molecule has 3 aromatic rings. The van der Waals surface area contributed by atoms with Crippen LogP contribution in [0.5, 0.6) is 5.75 Å². The van der Waals surface area contributed by atoms with Gasteiger partial charge in [-0.1, -0.05) is 24.3 Å². The summed E-state index contributed by atoms with van der Waals surface area (Å²) in [5, 5.41) is 0. The van der Waals surface area contributed by atoms with Crippen LogP contribution in [0.1, 0.15) is 11.4 Å². The molecule has 0 bridgehead atoms. The Labute approximate surface area is 123 Å². The van der Waals surface area contributed by atoms with Gasteiger partial charge in [0.05, 0.1) is 24.4 Å². The minimum Gasteiger partial charge on any atom is -0.494 e. The average Bonchev–Trinajstić information content (AvgIpc) is 2.82. The zero-order valence-electron chi connectivity index (χ0n) is 12.4. The largest absolute Gasteiger partial charge is 0.494 e. The highest BCUT2D eigenvalue weighted by molar-refractivity contribution is 5.86. The highest BCUT2D eigenvalue weighted by Gasteiger charge is 2.06. The van der Waals surface area contributed by atoms with Crippen molar-refractivity contribution in [3.05, 3.63) is 53.9 Å². The van der Waals surface area contributed by atoms with Crippen LogP contribution < -0.4 is 4.74 Å². The van der Waals surface area contributed by atoms with E-state index in [0.29, 0.717) is 0 Å². The van der Waals surface area contributed by atoms with E-state index >= 15 is 0 Å². The van der Waals surface area contributed by atoms with E-state index in [9.17, 15) is 0 Å². The van der Waals surface area contributed by atoms with Crippen LogP contribution in [-0.4, -0.2) is 22.9 Å². The number of methoxy groups -OCH3 is 1. The Bertz CT molecular complexity index is 818. The van der Waals surface area contributed by atoms with Crippen molar-refractivity contribution in [2.24, 2.45) is 12.0 Å². The van der Waals surface area contributed by atoms with Crippen molar-refractivity contribution in [2.75, 3.05) is 7.11 Å². The van der Waals surface area contributed by atoms with Crippen molar-refractivity contribution in [1.29, 1.82) is 0 Å². The van der Waals surface area contributed by atoms with E-state index in [0.717, 1.165) is 33.9 Å². The number of fused-ring (bicyclic) bond motifs is 1. The van der Waals surface area contributed by atoms with Gasteiger partial charge in [0, 0.05) is 7.05 Å². The SMILES string of the molecule is COc1c(C)cccc1N=Cc1nc2ccccc2n1C. The summed E-state index contributed by atoms with van der Waals surface area (Å²) in [7, 11) is 3.65. The van der Waals surface area contributed by atoms with E-state index in [1.807, 2.05) is 61.0 Å². The predicted molar refractivity (Wildman–Crippen MR) is 85.7 cm³/mol. The number of aryl methyl sites for hydroxylation is 2. The molecular formula is C17H17N3O. The maximum atomic E-state index is 5.41. The lowest BCUT2D eigenvalue weighted by atomic mass is 10.2. The number of nitrogens with zero attached hydrogens (tertiary/aromatic N) is 3. The van der Waals surface area contributed by atoms with E-state index in [2.05, 4.69) is 9.98 Å². The van der Waals surface area contributed by atoms with Gasteiger partial charge in [-0.3, -0.25) is 0 Å². The van der Waals surface area contributed by atoms with E-state index < -0.39 is 0 Å². The Kier molecular flexibility index (Phi) is 3.44. The first kappa shape index (κ1) is 13.4. The summed E-state index contributed by atoms with van der Waals surface area (Å²) in [6, 6.07) is 14.0. The fraction of sp³-hybridized carbons (Fsp3) is 0.176. The number of aliphatic imine (C=N–C) groups is 1. The Morgan fingerprint density at radius 1 is 1.14 bits per heavy atom. The smallest absolute Gasteiger partial charge is 0.152 e. The molecule has 0 N–H and O–H groups in total. The topological polar surface area (TPSA) is 39.4 Å². The molecule has 0 unspecified atom stereocenters. The normalized spacial score (nSPS) is 11.4. The number of ether oxygens (including phenoxy) is 1. The highest BCUT2D eigenvalue weighted by atomic mass is 16.5. The molecule has 0 aliphatic rings. The summed E-state index contributed by atoms with van der Waals surface area (Å²) in [4.78, 5) is 9.11. The number of imidazole rings is 1. The molecule has 4 nitrogen and oxygen atoms in total. The second-order valence-corrected chi connectivity index (χ2v) is 4.90. The van der Waals surface area contributed by atoms with Crippen molar-refractivity contribution in [3.8, 4) is 5.75 Å². The first-order valence-electron chi connectivity index (χ1n) is 6.80. The van der Waals surface area contributed by atoms with Crippen molar-refractivity contribution in [2.45, 2.75) is 6.92 Å². The van der Waals surface area contributed by atoms with Crippen LogP contribution >= 0.6 is 0 Å². The molecule has 1 heterocycles. The zero-order valence-corrected chi connectivity index (χ0v) is 12.4. The molecule has 0 atom stereocenters. The Hall–Kier alpha value is -2.62. The third kappa shape index (κ3) is 2.40. The maximum Gasteiger partial charge on any atom is 0.152 e. The lowest BCUT2D eigenvalue weighted by Gasteiger charge is -2.06. The van der Waals surface area contributed by atoms with Crippen molar-refractivity contribution in [1.82, 2.24) is 9.55 Å². The van der Waals surface area contributed by atoms with Gasteiger partial charge in [0.25, 0.3) is 0 Å². The van der Waals surface area contributed by atoms with Crippen LogP contribution in [0.3, 0.4) is 0 Å². The summed E-state index contributed by atoms with van der Waals surface area (Å²) in [6.45, 7) is 2.01. The summed E-state index contributed by atoms with van der Waals surface area (Å²) in [5.74, 6) is 1.62. The minimum absolute atomic E-state index is 0.799. The molecule has 2 aromatic carbocycles. The zero-order chi connectivity index (χ0) is 14.8. The summed E-state index contributed by atoms with van der Waals surface area (Å²) >= 11 is 0. The number of hydrogen-bond donors (Lipinski definition) is 0. The standard InChI is InChI=1S/C17H17N3O/c1-12-7-6-9-14(17(12)21-3)18-11-16-19-13-8-4-5-10-15(13)20(16)2/h4-11H,1-3H3. The predicted octanol–water partition coefficient (Wildman–Crippen LogP) is 3.64. The minimum atomic E-state index is 0.799. The second kappa shape index (κ2) is 5.40. The Morgan fingerprint density at radius 3 is 2.71 bits per heavy atom. The Balaban J connectivity index is 2.02. The maximum absolute atomic E-state index is 5.41. The molecule has 0 saturated carbocycles. The van der Waals surface area contributed by atoms with Gasteiger partial charge in [-0.2, -0.15) is 0 Å². The lowest BCUT2D eigenvalue weighted by Crippen LogP contribution is -1.96. The van der Waals surface area contributed by atoms with Crippen LogP contribution in [-0.2, 0) is 7.05 Å². The fourth-order valence-corrected chi connectivity index (χ4v) is 2.41. The molecule has 0 saturated heterocycles. The molecule has 4 heteroatoms. The van der Waals surface area contributed by atoms with Gasteiger partial charge in [0.1, 0.15) is 11.4 Å². The van der Waals surface area contributed by atoms with E-state index in [-0.39, 0.29) is 0 Å². The quantitative estimate of drug-likeness (QED) is 0.687. The first-order chi connectivity index (χ1) is 10.2. The summed E-state index contributed by atoms with van der Waals surface area (Å²) in [5.41, 5.74) is 3.94. The highest BCUT2D eigenvalue weighted by Crippen LogP contribution is 2.30. The Morgan fingerprint density at radius 2 is 1.95 bits per heavy atom. The fourth-order valence-electron chi connectivity index (χ4n) is 2.41. The van der Waals surface area contributed by atoms with Gasteiger partial charge in [-0.15, -0.1) is 0 Å². The van der Waals surface area contributed by atoms with Crippen LogP contribution in [0, 0.1) is 6.92 Å². The average molecular weight is 279 g/mol. The van der Waals surface area contributed by atoms with Gasteiger partial charge >= 0.3 is 0 Å². The molecule has 3 rings (SSSR count). The second-order valence-electron chi connectivity index (χ2n) is 4.90. The number of aromatic nitrogens is 2. The van der Waals surface area contributed by atoms with Gasteiger partial charge in [0.15, 0.2) is 5.82 Å². The molecule has 0 radical (unpaired) electrons. The molecular weight excluding hydrogens is 262 g/mol. The van der Waals surface area contributed by atoms with E-state index in [1.165, 1.54) is 0 Å². The molecule has 106 valence electrons. The molecule has 1 aromatic heterocycles. The third-order valence-electron chi connectivity index (χ3n) is 3.54. The lowest BCUT2D eigenvalue weighted by molar-refractivity contribution is 0.413. The third-order valence-corrected chi connectivity index (χ3v) is 3.54. The van der Waals surface area contributed by atoms with E-state index in [4.69, 9.17) is 4.74 Å². The summed E-state index contributed by atoms with van der Waals surface area (Å²) in [6.07, 6.45) is 1.78. The van der Waals surface area contributed by atoms with Gasteiger partial charge in [-0.25, -0.2) is 9.98 Å². The van der Waals surface area contributed by atoms with Crippen molar-refractivity contribution >= 4 is 22.9 Å². The molecule has 0 amide bonds. The molecule has 0 spiro atoms. The van der Waals surface area contributed by atoms with E-state index in [1.54, 1.807) is 13.3 Å². The van der Waals surface area contributed by atoms with Gasteiger partial charge < -0.3 is 9.30 Å². The van der Waals surface area contributed by atoms with Gasteiger partial charge in [-0.05, 0) is 30.7 Å². The van der Waals surface area contributed by atoms with Crippen LogP contribution in [0.15, 0.2) is 47.5 Å². The summed E-state index contributed by atoms with van der Waals surface area (Å²) < 4.78 is 7.44. The number of rotatable bonds is 3.